The topological polar surface area (TPSA) is 120 Å². The molecule has 15 heavy (non-hydrogen) atoms. The number of aliphatic hydroxyl groups is 5. The Labute approximate surface area is 87.9 Å². The molecule has 0 spiro atoms. The third-order valence-corrected chi connectivity index (χ3v) is 2.17. The molecule has 0 aromatic rings. The molecule has 1 heterocycles. The molecule has 0 amide bonds. The Kier molecular flexibility index (Phi) is 3.87. The first kappa shape index (κ1) is 11.2. The van der Waals surface area contributed by atoms with Crippen LogP contribution in [0.25, 0.3) is 0 Å². The van der Waals surface area contributed by atoms with E-state index in [9.17, 15) is 15.3 Å². The molecule has 7 nitrogen and oxygen atoms in total. The highest BCUT2D eigenvalue weighted by molar-refractivity contribution is 4.91. The molecule has 0 saturated carbocycles. The zero-order chi connectivity index (χ0) is 12.3. The zero-order valence-electron chi connectivity index (χ0n) is 8.98. The third-order valence-electron chi connectivity index (χ3n) is 2.17. The molecule has 5 N–H and O–H groups in total. The fraction of sp³-hybridized carbons (Fsp3) is 1.00. The summed E-state index contributed by atoms with van der Waals surface area (Å²) in [5.41, 5.74) is 0. The van der Waals surface area contributed by atoms with Crippen LogP contribution in [0.4, 0.5) is 0 Å². The van der Waals surface area contributed by atoms with Crippen molar-refractivity contribution in [2.75, 3.05) is 26.4 Å². The van der Waals surface area contributed by atoms with E-state index in [0.717, 1.165) is 0 Å². The normalized spacial score (nSPS) is 44.9. The molecule has 1 rings (SSSR count). The maximum absolute atomic E-state index is 9.74. The highest BCUT2D eigenvalue weighted by Crippen LogP contribution is 2.24. The van der Waals surface area contributed by atoms with Crippen LogP contribution in [0.15, 0.2) is 0 Å². The van der Waals surface area contributed by atoms with E-state index in [1.165, 1.54) is 0 Å². The monoisotopic (exact) mass is 225 g/mol. The first-order valence-corrected chi connectivity index (χ1v) is 4.46. The first-order chi connectivity index (χ1) is 7.40. The van der Waals surface area contributed by atoms with Crippen LogP contribution < -0.4 is 0 Å². The van der Waals surface area contributed by atoms with Crippen LogP contribution in [-0.4, -0.2) is 76.0 Å². The van der Waals surface area contributed by atoms with Gasteiger partial charge in [-0.3, -0.25) is 0 Å². The van der Waals surface area contributed by atoms with Crippen molar-refractivity contribution in [2.24, 2.45) is 0 Å². The Morgan fingerprint density at radius 1 is 1.47 bits per heavy atom. The standard InChI is InChI=1S/C8H16O7/c9-1-2-14-4-8(13)7(12)6(11)5(10)3-15-8/h5-7,9-13H,1-4H2/t5-,6-,7+,8?/m1/s1/i2D/t2?,5-,6-,7+,8?. The van der Waals surface area contributed by atoms with Crippen LogP contribution in [0.2, 0.25) is 0 Å². The highest BCUT2D eigenvalue weighted by Gasteiger charge is 2.48. The van der Waals surface area contributed by atoms with E-state index >= 15 is 0 Å². The summed E-state index contributed by atoms with van der Waals surface area (Å²) < 4.78 is 16.5. The maximum Gasteiger partial charge on any atom is 0.219 e. The predicted molar refractivity (Wildman–Crippen MR) is 46.8 cm³/mol. The number of hydrogen-bond acceptors (Lipinski definition) is 7. The van der Waals surface area contributed by atoms with Crippen LogP contribution in [0.1, 0.15) is 1.37 Å². The smallest absolute Gasteiger partial charge is 0.219 e. The van der Waals surface area contributed by atoms with Crippen molar-refractivity contribution >= 4 is 0 Å². The van der Waals surface area contributed by atoms with Gasteiger partial charge in [-0.15, -0.1) is 0 Å². The minimum atomic E-state index is -2.19. The van der Waals surface area contributed by atoms with Crippen molar-refractivity contribution in [3.8, 4) is 0 Å². The largest absolute Gasteiger partial charge is 0.394 e. The lowest BCUT2D eigenvalue weighted by atomic mass is 9.97. The third kappa shape index (κ3) is 2.85. The molecule has 90 valence electrons. The summed E-state index contributed by atoms with van der Waals surface area (Å²) in [5.74, 6) is -2.19. The van der Waals surface area contributed by atoms with Crippen molar-refractivity contribution in [3.63, 3.8) is 0 Å². The fourth-order valence-corrected chi connectivity index (χ4v) is 1.25. The molecule has 1 aliphatic rings. The lowest BCUT2D eigenvalue weighted by molar-refractivity contribution is -0.335. The Morgan fingerprint density at radius 2 is 2.13 bits per heavy atom. The van der Waals surface area contributed by atoms with Crippen LogP contribution in [0.5, 0.6) is 0 Å². The SMILES string of the molecule is [2H]C(CO)OCC1(O)OC[C@@H](O)[C@@H](O)[C@@H]1O. The minimum absolute atomic E-state index is 0.361. The quantitative estimate of drug-likeness (QED) is 0.342. The minimum Gasteiger partial charge on any atom is -0.394 e. The predicted octanol–water partition coefficient (Wildman–Crippen LogP) is -3.20. The molecule has 2 unspecified atom stereocenters. The van der Waals surface area contributed by atoms with E-state index in [0.29, 0.717) is 0 Å². The van der Waals surface area contributed by atoms with E-state index in [2.05, 4.69) is 4.74 Å². The Bertz CT molecular complexity index is 228. The van der Waals surface area contributed by atoms with Crippen molar-refractivity contribution in [1.82, 2.24) is 0 Å². The summed E-state index contributed by atoms with van der Waals surface area (Å²) in [6, 6.07) is 0. The van der Waals surface area contributed by atoms with Crippen molar-refractivity contribution in [1.29, 1.82) is 0 Å². The number of hydrogen-bond donors (Lipinski definition) is 5. The molecule has 0 aromatic carbocycles. The van der Waals surface area contributed by atoms with Gasteiger partial charge in [0.2, 0.25) is 5.79 Å². The van der Waals surface area contributed by atoms with Crippen molar-refractivity contribution in [3.05, 3.63) is 0 Å². The number of aliphatic hydroxyl groups excluding tert-OH is 4. The number of ether oxygens (including phenoxy) is 2. The second kappa shape index (κ2) is 5.17. The average Bonchev–Trinajstić information content (AvgIpc) is 2.29. The summed E-state index contributed by atoms with van der Waals surface area (Å²) in [6.07, 6.45) is -4.59. The molecular formula is C8H16O7. The van der Waals surface area contributed by atoms with Crippen molar-refractivity contribution < 1.29 is 36.4 Å². The van der Waals surface area contributed by atoms with E-state index < -0.39 is 43.9 Å². The molecular weight excluding hydrogens is 208 g/mol. The van der Waals surface area contributed by atoms with Crippen LogP contribution in [-0.2, 0) is 9.47 Å². The van der Waals surface area contributed by atoms with Gasteiger partial charge in [0, 0.05) is 0 Å². The molecule has 5 atom stereocenters. The Morgan fingerprint density at radius 3 is 2.73 bits per heavy atom. The van der Waals surface area contributed by atoms with Crippen LogP contribution in [0.3, 0.4) is 0 Å². The van der Waals surface area contributed by atoms with E-state index in [1.54, 1.807) is 0 Å². The summed E-state index contributed by atoms with van der Waals surface area (Å²) in [6.45, 7) is -2.80. The molecule has 1 saturated heterocycles. The van der Waals surface area contributed by atoms with E-state index in [-0.39, 0.29) is 6.61 Å². The molecule has 0 bridgehead atoms. The molecule has 0 aliphatic carbocycles. The van der Waals surface area contributed by atoms with Gasteiger partial charge in [-0.05, 0) is 0 Å². The van der Waals surface area contributed by atoms with Gasteiger partial charge in [-0.1, -0.05) is 0 Å². The van der Waals surface area contributed by atoms with Gasteiger partial charge in [0.05, 0.1) is 21.2 Å². The Balaban J connectivity index is 2.55. The van der Waals surface area contributed by atoms with Gasteiger partial charge < -0.3 is 35.0 Å². The molecule has 1 aliphatic heterocycles. The van der Waals surface area contributed by atoms with Crippen LogP contribution >= 0.6 is 0 Å². The maximum atomic E-state index is 9.74. The summed E-state index contributed by atoms with van der Waals surface area (Å²) in [5, 5.41) is 46.2. The summed E-state index contributed by atoms with van der Waals surface area (Å²) in [7, 11) is 0. The zero-order valence-corrected chi connectivity index (χ0v) is 7.98. The second-order valence-corrected chi connectivity index (χ2v) is 3.32. The van der Waals surface area contributed by atoms with Gasteiger partial charge in [0.15, 0.2) is 0 Å². The Hall–Kier alpha value is -0.280. The van der Waals surface area contributed by atoms with Gasteiger partial charge in [0.25, 0.3) is 0 Å². The van der Waals surface area contributed by atoms with Crippen LogP contribution in [0, 0.1) is 0 Å². The molecule has 0 radical (unpaired) electrons. The van der Waals surface area contributed by atoms with Gasteiger partial charge in [0.1, 0.15) is 24.9 Å². The number of rotatable bonds is 4. The van der Waals surface area contributed by atoms with E-state index in [4.69, 9.17) is 16.3 Å². The van der Waals surface area contributed by atoms with Gasteiger partial charge in [-0.25, -0.2) is 0 Å². The van der Waals surface area contributed by atoms with E-state index in [1.807, 2.05) is 0 Å². The lowest BCUT2D eigenvalue weighted by Crippen LogP contribution is -2.62. The molecule has 7 heteroatoms. The first-order valence-electron chi connectivity index (χ1n) is 5.03. The second-order valence-electron chi connectivity index (χ2n) is 3.32. The van der Waals surface area contributed by atoms with Gasteiger partial charge >= 0.3 is 0 Å². The average molecular weight is 225 g/mol. The summed E-state index contributed by atoms with van der Waals surface area (Å²) >= 11 is 0. The fourth-order valence-electron chi connectivity index (χ4n) is 1.25. The van der Waals surface area contributed by atoms with Gasteiger partial charge in [-0.2, -0.15) is 0 Å². The lowest BCUT2D eigenvalue weighted by Gasteiger charge is -2.41. The van der Waals surface area contributed by atoms with Crippen molar-refractivity contribution in [2.45, 2.75) is 24.1 Å². The molecule has 0 aromatic heterocycles. The highest BCUT2D eigenvalue weighted by atomic mass is 16.7. The molecule has 1 fully saturated rings. The summed E-state index contributed by atoms with van der Waals surface area (Å²) in [4.78, 5) is 0.